The zero-order valence-electron chi connectivity index (χ0n) is 18.5. The Balaban J connectivity index is 2.51. The van der Waals surface area contributed by atoms with E-state index >= 15 is 0 Å². The summed E-state index contributed by atoms with van der Waals surface area (Å²) < 4.78 is 32.5. The third kappa shape index (κ3) is 7.17. The van der Waals surface area contributed by atoms with Crippen LogP contribution in [0.5, 0.6) is 5.75 Å². The fraction of sp³-hybridized carbons (Fsp3) is 0.476. The highest BCUT2D eigenvalue weighted by Gasteiger charge is 2.53. The predicted molar refractivity (Wildman–Crippen MR) is 108 cm³/mol. The second kappa shape index (κ2) is 11.3. The number of carbonyl (C=O) groups is 5. The van der Waals surface area contributed by atoms with Gasteiger partial charge in [-0.25, -0.2) is 0 Å². The number of primary amides is 1. The normalized spacial score (nSPS) is 24.2. The van der Waals surface area contributed by atoms with Crippen LogP contribution in [-0.2, 0) is 42.9 Å². The van der Waals surface area contributed by atoms with Crippen LogP contribution in [0.1, 0.15) is 38.1 Å². The van der Waals surface area contributed by atoms with Crippen molar-refractivity contribution in [3.8, 4) is 5.75 Å². The van der Waals surface area contributed by atoms with Gasteiger partial charge in [-0.15, -0.1) is 0 Å². The maximum atomic E-state index is 11.8. The molecule has 2 N–H and O–H groups in total. The van der Waals surface area contributed by atoms with E-state index in [0.717, 1.165) is 27.7 Å². The summed E-state index contributed by atoms with van der Waals surface area (Å²) in [6.07, 6.45) is -6.78. The Morgan fingerprint density at radius 3 is 1.91 bits per heavy atom. The Kier molecular flexibility index (Phi) is 8.74. The summed E-state index contributed by atoms with van der Waals surface area (Å²) in [5, 5.41) is 0. The number of nitrogens with two attached hydrogens (primary N) is 1. The van der Waals surface area contributed by atoms with E-state index < -0.39 is 67.1 Å². The minimum Gasteiger partial charge on any atom is -0.463 e. The van der Waals surface area contributed by atoms with Crippen LogP contribution in [0.25, 0.3) is 0 Å². The minimum atomic E-state index is -1.47. The zero-order chi connectivity index (χ0) is 24.7. The van der Waals surface area contributed by atoms with E-state index in [2.05, 4.69) is 0 Å². The van der Waals surface area contributed by atoms with Crippen molar-refractivity contribution in [2.24, 2.45) is 5.73 Å². The summed E-state index contributed by atoms with van der Waals surface area (Å²) in [6, 6.07) is 5.95. The fourth-order valence-electron chi connectivity index (χ4n) is 3.18. The SMILES string of the molecule is CC(=O)OC[C@H]1OC(Oc2ccccc2C(N)=O)[C@H](OC(C)=O)[C@@H](OC(C)=O)[C@@H]1OC(C)=O. The summed E-state index contributed by atoms with van der Waals surface area (Å²) in [5.41, 5.74) is 5.39. The lowest BCUT2D eigenvalue weighted by atomic mass is 9.98. The molecule has 0 bridgehead atoms. The molecule has 1 unspecified atom stereocenters. The van der Waals surface area contributed by atoms with Crippen LogP contribution in [0, 0.1) is 0 Å². The smallest absolute Gasteiger partial charge is 0.303 e. The topological polar surface area (TPSA) is 167 Å². The lowest BCUT2D eigenvalue weighted by molar-refractivity contribution is -0.288. The highest BCUT2D eigenvalue weighted by atomic mass is 16.7. The molecule has 1 fully saturated rings. The van der Waals surface area contributed by atoms with Gasteiger partial charge in [-0.1, -0.05) is 12.1 Å². The number of benzene rings is 1. The monoisotopic (exact) mass is 467 g/mol. The van der Waals surface area contributed by atoms with E-state index in [1.165, 1.54) is 12.1 Å². The van der Waals surface area contributed by atoms with Crippen LogP contribution < -0.4 is 10.5 Å². The molecule has 0 radical (unpaired) electrons. The third-order valence-electron chi connectivity index (χ3n) is 4.34. The number of carbonyl (C=O) groups excluding carboxylic acids is 5. The molecule has 33 heavy (non-hydrogen) atoms. The van der Waals surface area contributed by atoms with E-state index in [1.54, 1.807) is 12.1 Å². The Bertz CT molecular complexity index is 915. The standard InChI is InChI=1S/C21H25NO11/c1-10(23)28-9-16-17(29-11(2)24)18(30-12(3)25)19(31-13(4)26)21(33-16)32-15-8-6-5-7-14(15)20(22)27/h5-8,16-19,21H,9H2,1-4H3,(H2,22,27)/t16-,17-,18+,19-,21?/m1/s1. The molecule has 1 saturated heterocycles. The van der Waals surface area contributed by atoms with E-state index in [0.29, 0.717) is 0 Å². The summed E-state index contributed by atoms with van der Waals surface area (Å²) >= 11 is 0. The lowest BCUT2D eigenvalue weighted by Gasteiger charge is -2.44. The Morgan fingerprint density at radius 2 is 1.36 bits per heavy atom. The second-order valence-corrected chi connectivity index (χ2v) is 7.05. The molecule has 12 nitrogen and oxygen atoms in total. The molecule has 5 atom stereocenters. The van der Waals surface area contributed by atoms with Gasteiger partial charge in [0.25, 0.3) is 5.91 Å². The molecule has 0 aromatic heterocycles. The molecule has 0 aliphatic carbocycles. The molecule has 0 saturated carbocycles. The van der Waals surface area contributed by atoms with Gasteiger partial charge in [0.15, 0.2) is 12.2 Å². The average Bonchev–Trinajstić information content (AvgIpc) is 2.70. The first kappa shape index (κ1) is 25.6. The highest BCUT2D eigenvalue weighted by molar-refractivity contribution is 5.95. The van der Waals surface area contributed by atoms with Gasteiger partial charge in [-0.05, 0) is 12.1 Å². The van der Waals surface area contributed by atoms with Crippen molar-refractivity contribution in [2.45, 2.75) is 58.4 Å². The maximum Gasteiger partial charge on any atom is 0.303 e. The number of para-hydroxylation sites is 1. The Labute approximate surface area is 189 Å². The highest BCUT2D eigenvalue weighted by Crippen LogP contribution is 2.31. The number of esters is 4. The average molecular weight is 467 g/mol. The molecule has 12 heteroatoms. The second-order valence-electron chi connectivity index (χ2n) is 7.05. The van der Waals surface area contributed by atoms with Gasteiger partial charge in [0.2, 0.25) is 12.4 Å². The molecular weight excluding hydrogens is 442 g/mol. The van der Waals surface area contributed by atoms with Gasteiger partial charge in [-0.2, -0.15) is 0 Å². The van der Waals surface area contributed by atoms with Gasteiger partial charge in [0.1, 0.15) is 18.5 Å². The molecule has 1 aromatic carbocycles. The summed E-state index contributed by atoms with van der Waals surface area (Å²) in [5.74, 6) is -3.77. The molecule has 180 valence electrons. The van der Waals surface area contributed by atoms with Crippen LogP contribution in [0.2, 0.25) is 0 Å². The van der Waals surface area contributed by atoms with Crippen molar-refractivity contribution in [1.29, 1.82) is 0 Å². The number of amides is 1. The molecule has 0 spiro atoms. The largest absolute Gasteiger partial charge is 0.463 e. The van der Waals surface area contributed by atoms with Crippen molar-refractivity contribution >= 4 is 29.8 Å². The lowest BCUT2D eigenvalue weighted by Crippen LogP contribution is -2.63. The van der Waals surface area contributed by atoms with Crippen LogP contribution in [0.15, 0.2) is 24.3 Å². The summed E-state index contributed by atoms with van der Waals surface area (Å²) in [6.45, 7) is 4.07. The van der Waals surface area contributed by atoms with Crippen LogP contribution in [0.4, 0.5) is 0 Å². The van der Waals surface area contributed by atoms with Gasteiger partial charge >= 0.3 is 23.9 Å². The van der Waals surface area contributed by atoms with Crippen molar-refractivity contribution in [3.63, 3.8) is 0 Å². The molecule has 1 aliphatic heterocycles. The first-order valence-corrected chi connectivity index (χ1v) is 9.85. The van der Waals surface area contributed by atoms with Crippen molar-refractivity contribution < 1.29 is 52.4 Å². The molecule has 2 rings (SSSR count). The number of hydrogen-bond donors (Lipinski definition) is 1. The first-order valence-electron chi connectivity index (χ1n) is 9.85. The van der Waals surface area contributed by atoms with Crippen molar-refractivity contribution in [3.05, 3.63) is 29.8 Å². The van der Waals surface area contributed by atoms with Crippen molar-refractivity contribution in [1.82, 2.24) is 0 Å². The Hall–Kier alpha value is -3.67. The van der Waals surface area contributed by atoms with Gasteiger partial charge in [-0.3, -0.25) is 24.0 Å². The van der Waals surface area contributed by atoms with Crippen LogP contribution >= 0.6 is 0 Å². The zero-order valence-corrected chi connectivity index (χ0v) is 18.5. The Morgan fingerprint density at radius 1 is 0.818 bits per heavy atom. The quantitative estimate of drug-likeness (QED) is 0.411. The van der Waals surface area contributed by atoms with E-state index in [-0.39, 0.29) is 11.3 Å². The number of ether oxygens (including phenoxy) is 6. The number of hydrogen-bond acceptors (Lipinski definition) is 11. The fourth-order valence-corrected chi connectivity index (χ4v) is 3.18. The van der Waals surface area contributed by atoms with Crippen LogP contribution in [0.3, 0.4) is 0 Å². The van der Waals surface area contributed by atoms with Crippen molar-refractivity contribution in [2.75, 3.05) is 6.61 Å². The van der Waals surface area contributed by atoms with Crippen LogP contribution in [-0.4, -0.2) is 67.1 Å². The first-order chi connectivity index (χ1) is 15.5. The number of rotatable bonds is 8. The molecular formula is C21H25NO11. The van der Waals surface area contributed by atoms with Gasteiger partial charge in [0, 0.05) is 27.7 Å². The predicted octanol–water partition coefficient (Wildman–Crippen LogP) is 0.247. The summed E-state index contributed by atoms with van der Waals surface area (Å²) in [7, 11) is 0. The third-order valence-corrected chi connectivity index (χ3v) is 4.34. The van der Waals surface area contributed by atoms with E-state index in [9.17, 15) is 24.0 Å². The molecule has 1 amide bonds. The molecule has 1 aromatic rings. The molecule has 1 heterocycles. The maximum absolute atomic E-state index is 11.8. The van der Waals surface area contributed by atoms with Gasteiger partial charge in [0.05, 0.1) is 5.56 Å². The van der Waals surface area contributed by atoms with E-state index in [1.807, 2.05) is 0 Å². The summed E-state index contributed by atoms with van der Waals surface area (Å²) in [4.78, 5) is 58.5. The minimum absolute atomic E-state index is 0.00496. The van der Waals surface area contributed by atoms with E-state index in [4.69, 9.17) is 34.2 Å². The van der Waals surface area contributed by atoms with Gasteiger partial charge < -0.3 is 34.2 Å². The molecule has 1 aliphatic rings.